The zero-order valence-electron chi connectivity index (χ0n) is 3.64. The molecule has 0 atom stereocenters. The van der Waals surface area contributed by atoms with Crippen LogP contribution in [0.1, 0.15) is 0 Å². The molecule has 0 saturated carbocycles. The lowest BCUT2D eigenvalue weighted by atomic mass is 10.9. The average molecular weight is 175 g/mol. The summed E-state index contributed by atoms with van der Waals surface area (Å²) < 4.78 is 3.36. The van der Waals surface area contributed by atoms with E-state index >= 15 is 0 Å². The highest BCUT2D eigenvalue weighted by atomic mass is 35.5. The molecule has 0 aliphatic rings. The average Bonchev–Trinajstić information content (AvgIpc) is 1.86. The largest absolute Gasteiger partial charge is 0.492 e. The van der Waals surface area contributed by atoms with Gasteiger partial charge in [-0.25, -0.2) is 0 Å². The van der Waals surface area contributed by atoms with Crippen molar-refractivity contribution in [2.24, 2.45) is 0 Å². The number of hydrogen-bond acceptors (Lipinski definition) is 4. The molecule has 0 radical (unpaired) electrons. The van der Waals surface area contributed by atoms with Gasteiger partial charge in [0.15, 0.2) is 0 Å². The summed E-state index contributed by atoms with van der Waals surface area (Å²) in [5.41, 5.74) is 0. The minimum absolute atomic E-state index is 0. The van der Waals surface area contributed by atoms with E-state index in [1.807, 2.05) is 0 Å². The Morgan fingerprint density at radius 3 is 2.25 bits per heavy atom. The van der Waals surface area contributed by atoms with E-state index in [9.17, 15) is 0 Å². The fourth-order valence-electron chi connectivity index (χ4n) is 0.160. The molecule has 1 N–H and O–H groups in total. The minimum Gasteiger partial charge on any atom is -0.492 e. The second-order valence-electron chi connectivity index (χ2n) is 0.763. The highest BCUT2D eigenvalue weighted by molar-refractivity contribution is 7.03. The number of halogens is 2. The van der Waals surface area contributed by atoms with E-state index in [1.165, 1.54) is 5.38 Å². The van der Waals surface area contributed by atoms with Gasteiger partial charge in [0, 0.05) is 0 Å². The van der Waals surface area contributed by atoms with Gasteiger partial charge in [0.25, 0.3) is 0 Å². The summed E-state index contributed by atoms with van der Waals surface area (Å²) in [5, 5.41) is 13.0. The third-order valence-corrected chi connectivity index (χ3v) is 0.841. The van der Waals surface area contributed by atoms with Gasteiger partial charge in [-0.2, -0.15) is 0 Å². The smallest absolute Gasteiger partial charge is 0.243 e. The number of rotatable bonds is 0. The third kappa shape index (κ3) is 3.01. The van der Waals surface area contributed by atoms with Crippen LogP contribution in [-0.2, 0) is 0 Å². The zero-order valence-corrected chi connectivity index (χ0v) is 6.09. The maximum Gasteiger partial charge on any atom is 0.243 e. The molecule has 8 heavy (non-hydrogen) atoms. The van der Waals surface area contributed by atoms with Crippen molar-refractivity contribution >= 4 is 36.3 Å². The fraction of sp³-hybridized carbons (Fsp3) is 0. The van der Waals surface area contributed by atoms with Crippen molar-refractivity contribution in [2.45, 2.75) is 0 Å². The molecule has 0 saturated heterocycles. The summed E-state index contributed by atoms with van der Waals surface area (Å²) in [7, 11) is 0. The second-order valence-corrected chi connectivity index (χ2v) is 1.37. The molecule has 0 bridgehead atoms. The maximum atomic E-state index is 8.31. The van der Waals surface area contributed by atoms with Gasteiger partial charge in [0.1, 0.15) is 0 Å². The van der Waals surface area contributed by atoms with Gasteiger partial charge in [0.05, 0.1) is 5.38 Å². The summed E-state index contributed by atoms with van der Waals surface area (Å²) >= 11 is 1.13. The van der Waals surface area contributed by atoms with Crippen LogP contribution in [0, 0.1) is 0 Å². The van der Waals surface area contributed by atoms with Crippen molar-refractivity contribution in [3.05, 3.63) is 5.38 Å². The van der Waals surface area contributed by atoms with Crippen LogP contribution < -0.4 is 0 Å². The molecule has 0 fully saturated rings. The van der Waals surface area contributed by atoms with Gasteiger partial charge in [-0.05, 0) is 11.5 Å². The van der Waals surface area contributed by atoms with Crippen molar-refractivity contribution in [2.75, 3.05) is 0 Å². The van der Waals surface area contributed by atoms with Gasteiger partial charge in [-0.1, -0.05) is 9.59 Å². The molecule has 1 aromatic heterocycles. The monoisotopic (exact) mass is 174 g/mol. The summed E-state index contributed by atoms with van der Waals surface area (Å²) in [4.78, 5) is 0. The zero-order chi connectivity index (χ0) is 4.41. The quantitative estimate of drug-likeness (QED) is 0.641. The first-order valence-corrected chi connectivity index (χ1v) is 2.19. The Kier molecular flexibility index (Phi) is 6.89. The molecule has 0 aromatic carbocycles. The second kappa shape index (κ2) is 5.08. The van der Waals surface area contributed by atoms with E-state index in [4.69, 9.17) is 5.11 Å². The fourth-order valence-corrected chi connectivity index (χ4v) is 0.479. The van der Waals surface area contributed by atoms with Crippen molar-refractivity contribution in [1.82, 2.24) is 9.59 Å². The van der Waals surface area contributed by atoms with Crippen LogP contribution in [0.15, 0.2) is 5.38 Å². The molecule has 1 aromatic rings. The summed E-state index contributed by atoms with van der Waals surface area (Å²) in [6, 6.07) is 0. The molecular weight excluding hydrogens is 171 g/mol. The van der Waals surface area contributed by atoms with E-state index in [1.54, 1.807) is 0 Å². The lowest BCUT2D eigenvalue weighted by molar-refractivity contribution is 0.452. The first kappa shape index (κ1) is 10.8. The summed E-state index contributed by atoms with van der Waals surface area (Å²) in [5.74, 6) is 0.000000000000000222. The molecule has 0 aliphatic heterocycles. The molecule has 0 unspecified atom stereocenters. The molecule has 0 aliphatic carbocycles. The highest BCUT2D eigenvalue weighted by Gasteiger charge is 1.81. The van der Waals surface area contributed by atoms with Crippen molar-refractivity contribution < 1.29 is 5.11 Å². The SMILES string of the molecule is Cl.Cl.Oc1csnn1. The third-order valence-electron chi connectivity index (χ3n) is 0.349. The van der Waals surface area contributed by atoms with Crippen LogP contribution in [0.25, 0.3) is 0 Å². The Hall–Kier alpha value is -0.0600. The van der Waals surface area contributed by atoms with Crippen LogP contribution in [-0.4, -0.2) is 14.7 Å². The molecule has 3 nitrogen and oxygen atoms in total. The normalized spacial score (nSPS) is 6.50. The van der Waals surface area contributed by atoms with Crippen LogP contribution in [0.3, 0.4) is 0 Å². The first-order valence-electron chi connectivity index (χ1n) is 1.35. The topological polar surface area (TPSA) is 46.0 Å². The molecule has 0 spiro atoms. The lowest BCUT2D eigenvalue weighted by Gasteiger charge is -1.63. The van der Waals surface area contributed by atoms with Gasteiger partial charge >= 0.3 is 0 Å². The molecule has 1 rings (SSSR count). The molecular formula is C2H4Cl2N2OS. The van der Waals surface area contributed by atoms with Crippen LogP contribution >= 0.6 is 36.3 Å². The van der Waals surface area contributed by atoms with Crippen LogP contribution in [0.2, 0.25) is 0 Å². The van der Waals surface area contributed by atoms with Crippen LogP contribution in [0.4, 0.5) is 0 Å². The van der Waals surface area contributed by atoms with E-state index in [0.29, 0.717) is 0 Å². The Morgan fingerprint density at radius 1 is 1.50 bits per heavy atom. The van der Waals surface area contributed by atoms with Gasteiger partial charge in [0.2, 0.25) is 5.88 Å². The number of hydrogen-bond donors (Lipinski definition) is 1. The Morgan fingerprint density at radius 2 is 2.12 bits per heavy atom. The van der Waals surface area contributed by atoms with Crippen LogP contribution in [0.5, 0.6) is 5.88 Å². The summed E-state index contributed by atoms with van der Waals surface area (Å²) in [6.45, 7) is 0. The Balaban J connectivity index is 0. The number of aromatic hydroxyl groups is 1. The van der Waals surface area contributed by atoms with Crippen molar-refractivity contribution in [3.8, 4) is 5.88 Å². The van der Waals surface area contributed by atoms with E-state index in [-0.39, 0.29) is 30.7 Å². The van der Waals surface area contributed by atoms with Gasteiger partial charge in [-0.15, -0.1) is 24.8 Å². The van der Waals surface area contributed by atoms with Gasteiger partial charge < -0.3 is 5.11 Å². The molecule has 0 amide bonds. The first-order chi connectivity index (χ1) is 2.89. The predicted molar refractivity (Wildman–Crippen MR) is 36.1 cm³/mol. The van der Waals surface area contributed by atoms with E-state index < -0.39 is 0 Å². The standard InChI is InChI=1S/C2H2N2OS.2ClH/c5-2-1-6-4-3-2;;/h1,5H;2*1H. The van der Waals surface area contributed by atoms with Crippen molar-refractivity contribution in [1.29, 1.82) is 0 Å². The van der Waals surface area contributed by atoms with Gasteiger partial charge in [-0.3, -0.25) is 0 Å². The molecule has 48 valence electrons. The van der Waals surface area contributed by atoms with E-state index in [0.717, 1.165) is 11.5 Å². The lowest BCUT2D eigenvalue weighted by Crippen LogP contribution is -1.58. The predicted octanol–water partition coefficient (Wildman–Crippen LogP) is 1.09. The molecule has 1 heterocycles. The number of aromatic nitrogens is 2. The Labute approximate surface area is 62.7 Å². The highest BCUT2D eigenvalue weighted by Crippen LogP contribution is 2.00. The maximum absolute atomic E-state index is 8.31. The number of nitrogens with zero attached hydrogens (tertiary/aromatic N) is 2. The van der Waals surface area contributed by atoms with Crippen molar-refractivity contribution in [3.63, 3.8) is 0 Å². The summed E-state index contributed by atoms with van der Waals surface area (Å²) in [6.07, 6.45) is 0. The van der Waals surface area contributed by atoms with E-state index in [2.05, 4.69) is 9.59 Å². The Bertz CT molecular complexity index is 122. The minimum atomic E-state index is 0. The molecule has 6 heteroatoms.